The van der Waals surface area contributed by atoms with E-state index >= 15 is 4.39 Å². The van der Waals surface area contributed by atoms with Gasteiger partial charge < -0.3 is 10.2 Å². The zero-order chi connectivity index (χ0) is 32.8. The smallest absolute Gasteiger partial charge is 0.321 e. The molecule has 4 rings (SSSR count). The first-order valence-corrected chi connectivity index (χ1v) is 12.7. The van der Waals surface area contributed by atoms with Gasteiger partial charge in [0.15, 0.2) is 5.82 Å². The lowest BCUT2D eigenvalue weighted by Crippen LogP contribution is -2.50. The Morgan fingerprint density at radius 1 is 0.909 bits per heavy atom. The van der Waals surface area contributed by atoms with Crippen LogP contribution in [-0.2, 0) is 11.8 Å². The quantitative estimate of drug-likeness (QED) is 0.204. The van der Waals surface area contributed by atoms with Crippen LogP contribution in [0.3, 0.4) is 0 Å². The van der Waals surface area contributed by atoms with Crippen LogP contribution in [0.5, 0.6) is 0 Å². The molecule has 0 radical (unpaired) electrons. The Balaban J connectivity index is 1.72. The van der Waals surface area contributed by atoms with Crippen molar-refractivity contribution in [1.82, 2.24) is 4.98 Å². The molecular formula is C27H17ClF11N3O2. The topological polar surface area (TPSA) is 62.3 Å². The largest absolute Gasteiger partial charge is 0.435 e. The second-order valence-corrected chi connectivity index (χ2v) is 10.1. The minimum atomic E-state index is -6.70. The van der Waals surface area contributed by atoms with E-state index in [4.69, 9.17) is 11.6 Å². The number of carbonyl (C=O) groups is 2. The second kappa shape index (κ2) is 11.5. The predicted molar refractivity (Wildman–Crippen MR) is 134 cm³/mol. The van der Waals surface area contributed by atoms with Gasteiger partial charge in [0, 0.05) is 18.3 Å². The fourth-order valence-corrected chi connectivity index (χ4v) is 4.30. The molecule has 2 amide bonds. The molecule has 3 aromatic rings. The summed E-state index contributed by atoms with van der Waals surface area (Å²) in [6.07, 6.45) is -16.6. The molecule has 0 bridgehead atoms. The van der Waals surface area contributed by atoms with Crippen LogP contribution < -0.4 is 10.2 Å². The predicted octanol–water partition coefficient (Wildman–Crippen LogP) is 8.49. The van der Waals surface area contributed by atoms with Gasteiger partial charge in [0.25, 0.3) is 11.8 Å². The first kappa shape index (κ1) is 33.0. The molecule has 1 aromatic heterocycles. The van der Waals surface area contributed by atoms with Crippen molar-refractivity contribution in [1.29, 1.82) is 0 Å². The first-order chi connectivity index (χ1) is 20.3. The number of pyridine rings is 1. The van der Waals surface area contributed by atoms with E-state index in [0.717, 1.165) is 29.3 Å². The lowest BCUT2D eigenvalue weighted by atomic mass is 9.92. The van der Waals surface area contributed by atoms with Crippen molar-refractivity contribution in [3.8, 4) is 0 Å². The maximum Gasteiger partial charge on any atom is 0.435 e. The molecule has 1 N–H and O–H groups in total. The van der Waals surface area contributed by atoms with Gasteiger partial charge >= 0.3 is 24.2 Å². The summed E-state index contributed by atoms with van der Waals surface area (Å²) in [6, 6.07) is 4.65. The van der Waals surface area contributed by atoms with Crippen molar-refractivity contribution >= 4 is 34.8 Å². The summed E-state index contributed by atoms with van der Waals surface area (Å²) in [5.41, 5.74) is -13.7. The van der Waals surface area contributed by atoms with E-state index in [1.165, 1.54) is 12.1 Å². The number of hydrogen-bond donors (Lipinski definition) is 1. The third-order valence-corrected chi connectivity index (χ3v) is 6.85. The molecular weight excluding hydrogens is 643 g/mol. The Labute approximate surface area is 245 Å². The fourth-order valence-electron chi connectivity index (χ4n) is 4.19. The molecule has 17 heteroatoms. The molecule has 0 spiro atoms. The Hall–Kier alpha value is -3.95. The standard InChI is InChI=1S/C27H17ClF11N3O2/c28-20-9-6-14(11-40-20)23(44)42(12-13-4-5-13)19-3-1-2-16(21(19)29)22(43)41-18-8-7-15(10-17(18)25(31,32)33)24(30,26(34,35)36)27(37,38)39/h1-3,6-11,13H,4-5,12H2,(H,41,43). The van der Waals surface area contributed by atoms with Crippen LogP contribution in [0.2, 0.25) is 5.15 Å². The summed E-state index contributed by atoms with van der Waals surface area (Å²) in [7, 11) is 0. The van der Waals surface area contributed by atoms with Crippen molar-refractivity contribution in [2.75, 3.05) is 16.8 Å². The zero-order valence-corrected chi connectivity index (χ0v) is 22.4. The minimum absolute atomic E-state index is 0.00741. The highest BCUT2D eigenvalue weighted by Gasteiger charge is 2.73. The van der Waals surface area contributed by atoms with Gasteiger partial charge in [-0.3, -0.25) is 9.59 Å². The van der Waals surface area contributed by atoms with Crippen LogP contribution in [0.15, 0.2) is 54.7 Å². The fraction of sp³-hybridized carbons (Fsp3) is 0.296. The molecule has 5 nitrogen and oxygen atoms in total. The third kappa shape index (κ3) is 6.44. The molecule has 0 atom stereocenters. The van der Waals surface area contributed by atoms with Crippen LogP contribution >= 0.6 is 11.6 Å². The number of hydrogen-bond acceptors (Lipinski definition) is 3. The third-order valence-electron chi connectivity index (χ3n) is 6.62. The van der Waals surface area contributed by atoms with Crippen LogP contribution in [0.4, 0.5) is 59.7 Å². The molecule has 236 valence electrons. The molecule has 0 aliphatic heterocycles. The second-order valence-electron chi connectivity index (χ2n) is 9.73. The number of rotatable bonds is 7. The van der Waals surface area contributed by atoms with E-state index in [1.54, 1.807) is 5.32 Å². The van der Waals surface area contributed by atoms with E-state index in [2.05, 4.69) is 4.98 Å². The molecule has 44 heavy (non-hydrogen) atoms. The average Bonchev–Trinajstić information content (AvgIpc) is 3.74. The van der Waals surface area contributed by atoms with Crippen LogP contribution in [0, 0.1) is 11.7 Å². The van der Waals surface area contributed by atoms with Gasteiger partial charge in [-0.25, -0.2) is 13.8 Å². The van der Waals surface area contributed by atoms with Crippen molar-refractivity contribution < 1.29 is 57.9 Å². The molecule has 0 saturated heterocycles. The van der Waals surface area contributed by atoms with Crippen LogP contribution in [0.25, 0.3) is 0 Å². The van der Waals surface area contributed by atoms with Gasteiger partial charge in [0.05, 0.1) is 28.1 Å². The molecule has 1 fully saturated rings. The summed E-state index contributed by atoms with van der Waals surface area (Å²) >= 11 is 5.74. The Bertz CT molecular complexity index is 1550. The van der Waals surface area contributed by atoms with Crippen LogP contribution in [-0.4, -0.2) is 35.7 Å². The van der Waals surface area contributed by atoms with Gasteiger partial charge in [-0.05, 0) is 55.2 Å². The van der Waals surface area contributed by atoms with Crippen molar-refractivity contribution in [3.05, 3.63) is 88.0 Å². The van der Waals surface area contributed by atoms with Gasteiger partial charge in [0.2, 0.25) is 0 Å². The van der Waals surface area contributed by atoms with Gasteiger partial charge in [-0.1, -0.05) is 23.7 Å². The number of anilines is 2. The Kier molecular flexibility index (Phi) is 8.63. The SMILES string of the molecule is O=C(Nc1ccc(C(F)(C(F)(F)F)C(F)(F)F)cc1C(F)(F)F)c1cccc(N(CC2CC2)C(=O)c2ccc(Cl)nc2)c1F. The highest BCUT2D eigenvalue weighted by Crippen LogP contribution is 2.54. The molecule has 0 unspecified atom stereocenters. The Morgan fingerprint density at radius 3 is 2.07 bits per heavy atom. The maximum absolute atomic E-state index is 15.7. The van der Waals surface area contributed by atoms with E-state index < -0.39 is 76.0 Å². The number of amides is 2. The molecule has 2 aromatic carbocycles. The van der Waals surface area contributed by atoms with Crippen molar-refractivity contribution in [2.45, 2.75) is 37.0 Å². The summed E-state index contributed by atoms with van der Waals surface area (Å²) < 4.78 is 150. The number of carbonyl (C=O) groups excluding carboxylic acids is 2. The number of nitrogens with zero attached hydrogens (tertiary/aromatic N) is 2. The van der Waals surface area contributed by atoms with E-state index in [1.807, 2.05) is 0 Å². The summed E-state index contributed by atoms with van der Waals surface area (Å²) in [4.78, 5) is 30.9. The first-order valence-electron chi connectivity index (χ1n) is 12.3. The normalized spacial score (nSPS) is 14.4. The summed E-state index contributed by atoms with van der Waals surface area (Å²) in [6.45, 7) is -0.00741. The van der Waals surface area contributed by atoms with Gasteiger partial charge in [0.1, 0.15) is 5.15 Å². The summed E-state index contributed by atoms with van der Waals surface area (Å²) in [5, 5.41) is 1.66. The lowest BCUT2D eigenvalue weighted by Gasteiger charge is -2.31. The maximum atomic E-state index is 15.7. The van der Waals surface area contributed by atoms with E-state index in [9.17, 15) is 53.5 Å². The number of alkyl halides is 10. The van der Waals surface area contributed by atoms with Gasteiger partial charge in [-0.15, -0.1) is 0 Å². The number of benzene rings is 2. The van der Waals surface area contributed by atoms with Crippen LogP contribution in [0.1, 0.15) is 44.7 Å². The zero-order valence-electron chi connectivity index (χ0n) is 21.6. The highest BCUT2D eigenvalue weighted by atomic mass is 35.5. The number of nitrogens with one attached hydrogen (secondary N) is 1. The molecule has 1 saturated carbocycles. The van der Waals surface area contributed by atoms with E-state index in [0.29, 0.717) is 12.8 Å². The van der Waals surface area contributed by atoms with Crippen molar-refractivity contribution in [3.63, 3.8) is 0 Å². The number of halogens is 12. The molecule has 1 aliphatic carbocycles. The van der Waals surface area contributed by atoms with Gasteiger partial charge in [-0.2, -0.15) is 39.5 Å². The number of aromatic nitrogens is 1. The summed E-state index contributed by atoms with van der Waals surface area (Å²) in [5.74, 6) is -3.76. The molecule has 1 heterocycles. The Morgan fingerprint density at radius 2 is 1.55 bits per heavy atom. The van der Waals surface area contributed by atoms with E-state index in [-0.39, 0.29) is 35.3 Å². The average molecular weight is 660 g/mol. The molecule has 1 aliphatic rings. The monoisotopic (exact) mass is 659 g/mol. The highest BCUT2D eigenvalue weighted by molar-refractivity contribution is 6.29. The lowest BCUT2D eigenvalue weighted by molar-refractivity contribution is -0.348. The minimum Gasteiger partial charge on any atom is -0.321 e. The van der Waals surface area contributed by atoms with Crippen molar-refractivity contribution in [2.24, 2.45) is 5.92 Å².